The third kappa shape index (κ3) is 3.39. The van der Waals surface area contributed by atoms with Gasteiger partial charge in [0.05, 0.1) is 22.4 Å². The number of hydrogen-bond acceptors (Lipinski definition) is 4. The molecule has 1 amide bonds. The summed E-state index contributed by atoms with van der Waals surface area (Å²) in [4.78, 5) is 15.0. The summed E-state index contributed by atoms with van der Waals surface area (Å²) in [5.41, 5.74) is 2.28. The van der Waals surface area contributed by atoms with Gasteiger partial charge in [0.1, 0.15) is 5.82 Å². The first-order valence-electron chi connectivity index (χ1n) is 9.00. The Bertz CT molecular complexity index is 1020. The number of carbonyl (C=O) groups is 1. The highest BCUT2D eigenvalue weighted by Crippen LogP contribution is 2.26. The second-order valence-electron chi connectivity index (χ2n) is 6.66. The summed E-state index contributed by atoms with van der Waals surface area (Å²) in [6.07, 6.45) is 0. The highest BCUT2D eigenvalue weighted by molar-refractivity contribution is 6.32. The lowest BCUT2D eigenvalue weighted by Gasteiger charge is -2.36. The topological polar surface area (TPSA) is 63.1 Å². The minimum absolute atomic E-state index is 0.230. The summed E-state index contributed by atoms with van der Waals surface area (Å²) in [5, 5.41) is 12.0. The zero-order valence-corrected chi connectivity index (χ0v) is 16.0. The van der Waals surface area contributed by atoms with Gasteiger partial charge >= 0.3 is 0 Å². The maximum absolute atomic E-state index is 13.7. The van der Waals surface area contributed by atoms with Crippen LogP contribution >= 0.6 is 11.6 Å². The Morgan fingerprint density at radius 2 is 2.07 bits per heavy atom. The molecule has 144 valence electrons. The van der Waals surface area contributed by atoms with E-state index in [9.17, 15) is 9.18 Å². The Balaban J connectivity index is 1.68. The summed E-state index contributed by atoms with van der Waals surface area (Å²) in [6, 6.07) is 13.3. The molecule has 6 nitrogen and oxygen atoms in total. The van der Waals surface area contributed by atoms with Gasteiger partial charge in [-0.2, -0.15) is 0 Å². The number of piperazine rings is 1. The summed E-state index contributed by atoms with van der Waals surface area (Å²) in [7, 11) is 0. The van der Waals surface area contributed by atoms with E-state index in [1.165, 1.54) is 12.1 Å². The Morgan fingerprint density at radius 3 is 2.86 bits per heavy atom. The third-order valence-corrected chi connectivity index (χ3v) is 5.24. The molecule has 4 rings (SSSR count). The number of aromatic nitrogens is 3. The van der Waals surface area contributed by atoms with E-state index in [0.29, 0.717) is 36.0 Å². The van der Waals surface area contributed by atoms with Crippen LogP contribution in [-0.2, 0) is 0 Å². The van der Waals surface area contributed by atoms with Crippen molar-refractivity contribution in [2.75, 3.05) is 19.6 Å². The number of benzene rings is 2. The van der Waals surface area contributed by atoms with Crippen LogP contribution in [0.3, 0.4) is 0 Å². The van der Waals surface area contributed by atoms with E-state index < -0.39 is 0 Å². The van der Waals surface area contributed by atoms with Gasteiger partial charge in [-0.1, -0.05) is 41.1 Å². The van der Waals surface area contributed by atoms with Gasteiger partial charge in [-0.05, 0) is 36.8 Å². The zero-order valence-electron chi connectivity index (χ0n) is 15.3. The molecule has 0 spiro atoms. The molecule has 8 heteroatoms. The highest BCUT2D eigenvalue weighted by atomic mass is 35.5. The predicted octanol–water partition coefficient (Wildman–Crippen LogP) is 3.15. The van der Waals surface area contributed by atoms with Crippen LogP contribution in [0.25, 0.3) is 5.69 Å². The number of nitrogens with one attached hydrogen (secondary N) is 1. The fourth-order valence-corrected chi connectivity index (χ4v) is 3.69. The molecule has 1 atom stereocenters. The van der Waals surface area contributed by atoms with Crippen molar-refractivity contribution < 1.29 is 9.18 Å². The van der Waals surface area contributed by atoms with Crippen LogP contribution in [-0.4, -0.2) is 45.4 Å². The van der Waals surface area contributed by atoms with Crippen LogP contribution in [0.15, 0.2) is 48.5 Å². The van der Waals surface area contributed by atoms with Crippen LogP contribution in [0.4, 0.5) is 4.39 Å². The fourth-order valence-electron chi connectivity index (χ4n) is 3.47. The van der Waals surface area contributed by atoms with Gasteiger partial charge in [-0.25, -0.2) is 9.07 Å². The standard InChI is InChI=1S/C20H19ClFN5O/c1-13-19(24-25-27(13)17-8-3-2-7-16(17)21)20(28)26-10-9-23-12-18(26)14-5-4-6-15(22)11-14/h2-8,11,18,23H,9-10,12H2,1H3. The molecule has 0 radical (unpaired) electrons. The second kappa shape index (κ2) is 7.69. The number of nitrogens with zero attached hydrogens (tertiary/aromatic N) is 4. The van der Waals surface area contributed by atoms with Crippen molar-refractivity contribution in [3.8, 4) is 5.69 Å². The first kappa shape index (κ1) is 18.6. The minimum Gasteiger partial charge on any atom is -0.328 e. The lowest BCUT2D eigenvalue weighted by atomic mass is 10.0. The van der Waals surface area contributed by atoms with Crippen molar-refractivity contribution in [1.82, 2.24) is 25.2 Å². The molecule has 1 aromatic heterocycles. The van der Waals surface area contributed by atoms with Crippen LogP contribution < -0.4 is 5.32 Å². The Kier molecular flexibility index (Phi) is 5.11. The SMILES string of the molecule is Cc1c(C(=O)N2CCNCC2c2cccc(F)c2)nnn1-c1ccccc1Cl. The summed E-state index contributed by atoms with van der Waals surface area (Å²) < 4.78 is 15.3. The number of amides is 1. The molecule has 1 N–H and O–H groups in total. The Hall–Kier alpha value is -2.77. The third-order valence-electron chi connectivity index (χ3n) is 4.92. The maximum Gasteiger partial charge on any atom is 0.276 e. The van der Waals surface area contributed by atoms with Gasteiger partial charge < -0.3 is 10.2 Å². The molecule has 1 unspecified atom stereocenters. The average molecular weight is 400 g/mol. The van der Waals surface area contributed by atoms with Gasteiger partial charge in [-0.3, -0.25) is 4.79 Å². The van der Waals surface area contributed by atoms with Gasteiger partial charge in [-0.15, -0.1) is 5.10 Å². The van der Waals surface area contributed by atoms with Crippen LogP contribution in [0.2, 0.25) is 5.02 Å². The summed E-state index contributed by atoms with van der Waals surface area (Å²) >= 11 is 6.26. The van der Waals surface area contributed by atoms with E-state index in [2.05, 4.69) is 15.6 Å². The molecule has 1 fully saturated rings. The maximum atomic E-state index is 13.7. The van der Waals surface area contributed by atoms with E-state index >= 15 is 0 Å². The normalized spacial score (nSPS) is 17.0. The molecular weight excluding hydrogens is 381 g/mol. The Labute approximate surface area is 166 Å². The first-order chi connectivity index (χ1) is 13.6. The predicted molar refractivity (Wildman–Crippen MR) is 104 cm³/mol. The van der Waals surface area contributed by atoms with Gasteiger partial charge in [0.15, 0.2) is 5.69 Å². The van der Waals surface area contributed by atoms with E-state index in [1.54, 1.807) is 28.6 Å². The smallest absolute Gasteiger partial charge is 0.276 e. The molecule has 3 aromatic rings. The molecule has 2 aromatic carbocycles. The van der Waals surface area contributed by atoms with E-state index in [1.807, 2.05) is 24.3 Å². The number of para-hydroxylation sites is 1. The monoisotopic (exact) mass is 399 g/mol. The van der Waals surface area contributed by atoms with Crippen LogP contribution in [0, 0.1) is 12.7 Å². The van der Waals surface area contributed by atoms with Crippen molar-refractivity contribution in [1.29, 1.82) is 0 Å². The molecule has 1 aliphatic heterocycles. The second-order valence-corrected chi connectivity index (χ2v) is 7.07. The van der Waals surface area contributed by atoms with Crippen molar-refractivity contribution in [2.24, 2.45) is 0 Å². The first-order valence-corrected chi connectivity index (χ1v) is 9.38. The van der Waals surface area contributed by atoms with E-state index in [4.69, 9.17) is 11.6 Å². The lowest BCUT2D eigenvalue weighted by molar-refractivity contribution is 0.0627. The van der Waals surface area contributed by atoms with Gasteiger partial charge in [0.25, 0.3) is 5.91 Å². The van der Waals surface area contributed by atoms with Gasteiger partial charge in [0.2, 0.25) is 0 Å². The molecule has 28 heavy (non-hydrogen) atoms. The van der Waals surface area contributed by atoms with E-state index in [0.717, 1.165) is 5.56 Å². The van der Waals surface area contributed by atoms with E-state index in [-0.39, 0.29) is 23.5 Å². The molecule has 0 saturated carbocycles. The van der Waals surface area contributed by atoms with Crippen molar-refractivity contribution >= 4 is 17.5 Å². The summed E-state index contributed by atoms with van der Waals surface area (Å²) in [6.45, 7) is 3.50. The number of rotatable bonds is 3. The number of carbonyl (C=O) groups excluding carboxylic acids is 1. The number of hydrogen-bond donors (Lipinski definition) is 1. The lowest BCUT2D eigenvalue weighted by Crippen LogP contribution is -2.49. The molecule has 2 heterocycles. The molecule has 0 bridgehead atoms. The van der Waals surface area contributed by atoms with Crippen molar-refractivity contribution in [3.05, 3.63) is 76.3 Å². The molecular formula is C20H19ClFN5O. The molecule has 0 aliphatic carbocycles. The Morgan fingerprint density at radius 1 is 1.25 bits per heavy atom. The van der Waals surface area contributed by atoms with Crippen LogP contribution in [0.5, 0.6) is 0 Å². The van der Waals surface area contributed by atoms with Gasteiger partial charge in [0, 0.05) is 19.6 Å². The van der Waals surface area contributed by atoms with Crippen molar-refractivity contribution in [3.63, 3.8) is 0 Å². The highest BCUT2D eigenvalue weighted by Gasteiger charge is 2.32. The quantitative estimate of drug-likeness (QED) is 0.734. The minimum atomic E-state index is -0.323. The largest absolute Gasteiger partial charge is 0.328 e. The zero-order chi connectivity index (χ0) is 19.7. The number of halogens is 2. The molecule has 1 saturated heterocycles. The van der Waals surface area contributed by atoms with Crippen LogP contribution in [0.1, 0.15) is 27.8 Å². The fraction of sp³-hybridized carbons (Fsp3) is 0.250. The van der Waals surface area contributed by atoms with Crippen molar-refractivity contribution in [2.45, 2.75) is 13.0 Å². The average Bonchev–Trinajstić information content (AvgIpc) is 3.09. The summed E-state index contributed by atoms with van der Waals surface area (Å²) in [5.74, 6) is -0.553. The molecule has 1 aliphatic rings.